The molecule has 3 aromatic rings. The summed E-state index contributed by atoms with van der Waals surface area (Å²) in [4.78, 5) is 14.4. The van der Waals surface area contributed by atoms with Gasteiger partial charge in [0.2, 0.25) is 5.43 Å². The normalized spacial score (nSPS) is 10.9. The van der Waals surface area contributed by atoms with E-state index in [0.29, 0.717) is 78.5 Å². The van der Waals surface area contributed by atoms with Gasteiger partial charge in [-0.25, -0.2) is 0 Å². The molecule has 0 unspecified atom stereocenters. The van der Waals surface area contributed by atoms with Crippen molar-refractivity contribution in [3.8, 4) is 23.0 Å². The number of aromatic hydroxyl groups is 1. The molecule has 50 heavy (non-hydrogen) atoms. The minimum absolute atomic E-state index is 0.0222. The van der Waals surface area contributed by atoms with Crippen LogP contribution in [0, 0.1) is 10.8 Å². The topological polar surface area (TPSA) is 202 Å². The van der Waals surface area contributed by atoms with Gasteiger partial charge < -0.3 is 45.8 Å². The van der Waals surface area contributed by atoms with E-state index >= 15 is 0 Å². The van der Waals surface area contributed by atoms with Crippen LogP contribution in [0.3, 0.4) is 0 Å². The van der Waals surface area contributed by atoms with Crippen LogP contribution in [0.25, 0.3) is 21.9 Å². The van der Waals surface area contributed by atoms with Crippen molar-refractivity contribution in [2.24, 2.45) is 11.5 Å². The van der Waals surface area contributed by atoms with Crippen LogP contribution in [0.15, 0.2) is 44.6 Å². The summed E-state index contributed by atoms with van der Waals surface area (Å²) < 4.78 is 24.7. The summed E-state index contributed by atoms with van der Waals surface area (Å²) in [5.41, 5.74) is 14.2. The molecule has 12 nitrogen and oxygen atoms in total. The molecule has 2 aromatic carbocycles. The molecule has 0 amide bonds. The van der Waals surface area contributed by atoms with Gasteiger partial charge in [0.15, 0.2) is 23.4 Å². The van der Waals surface area contributed by atoms with Gasteiger partial charge in [-0.3, -0.25) is 15.6 Å². The summed E-state index contributed by atoms with van der Waals surface area (Å²) in [5, 5.41) is 32.3. The van der Waals surface area contributed by atoms with Crippen molar-refractivity contribution in [1.29, 1.82) is 10.8 Å². The number of benzene rings is 2. The molecule has 0 radical (unpaired) electrons. The molecule has 0 saturated carbocycles. The zero-order valence-electron chi connectivity index (χ0n) is 30.4. The first-order valence-electron chi connectivity index (χ1n) is 17.5. The van der Waals surface area contributed by atoms with E-state index in [1.54, 1.807) is 19.2 Å². The number of ether oxygens (including phenoxy) is 3. The number of guanidine groups is 2. The van der Waals surface area contributed by atoms with Gasteiger partial charge in [-0.1, -0.05) is 49.0 Å². The number of hydrogen-bond acceptors (Lipinski definition) is 8. The molecule has 3 rings (SSSR count). The van der Waals surface area contributed by atoms with Crippen molar-refractivity contribution in [1.82, 2.24) is 10.6 Å². The van der Waals surface area contributed by atoms with Crippen molar-refractivity contribution >= 4 is 33.9 Å². The van der Waals surface area contributed by atoms with Gasteiger partial charge in [0.1, 0.15) is 28.1 Å². The van der Waals surface area contributed by atoms with Crippen molar-refractivity contribution in [3.63, 3.8) is 0 Å². The Morgan fingerprint density at radius 3 is 1.76 bits per heavy atom. The van der Waals surface area contributed by atoms with Crippen molar-refractivity contribution in [2.45, 2.75) is 91.9 Å². The molecule has 0 saturated heterocycles. The van der Waals surface area contributed by atoms with Gasteiger partial charge in [-0.2, -0.15) is 0 Å². The maximum atomic E-state index is 14.4. The van der Waals surface area contributed by atoms with E-state index in [1.165, 1.54) is 0 Å². The van der Waals surface area contributed by atoms with E-state index in [4.69, 9.17) is 40.9 Å². The van der Waals surface area contributed by atoms with Gasteiger partial charge in [0.05, 0.1) is 25.7 Å². The molecule has 0 atom stereocenters. The fraction of sp³-hybridized carbons (Fsp3) is 0.500. The Bertz CT molecular complexity index is 1740. The number of phenols is 1. The third-order valence-electron chi connectivity index (χ3n) is 8.23. The lowest BCUT2D eigenvalue weighted by Crippen LogP contribution is -2.30. The lowest BCUT2D eigenvalue weighted by Gasteiger charge is -2.18. The second kappa shape index (κ2) is 20.0. The predicted molar refractivity (Wildman–Crippen MR) is 202 cm³/mol. The zero-order chi connectivity index (χ0) is 36.6. The third-order valence-corrected chi connectivity index (χ3v) is 8.23. The number of hydrogen-bond donors (Lipinski definition) is 7. The monoisotopic (exact) mass is 692 g/mol. The number of phenolic OH excluding ortho intramolecular Hbond substituents is 1. The molecule has 0 aliphatic heterocycles. The fourth-order valence-electron chi connectivity index (χ4n) is 5.64. The Morgan fingerprint density at radius 1 is 0.760 bits per heavy atom. The van der Waals surface area contributed by atoms with Gasteiger partial charge in [0.25, 0.3) is 0 Å². The van der Waals surface area contributed by atoms with Gasteiger partial charge in [0, 0.05) is 36.3 Å². The number of methoxy groups -OCH3 is 1. The molecule has 274 valence electrons. The van der Waals surface area contributed by atoms with Gasteiger partial charge >= 0.3 is 0 Å². The van der Waals surface area contributed by atoms with E-state index < -0.39 is 0 Å². The SMILES string of the molecule is COc1c(OCCCCCCNC(=N)N)cc2oc3cc(OCCCCCCNC(=N)N)c(CC=C(C)C)c(O)c3c(=O)c2c1CC=C(C)C. The average Bonchev–Trinajstić information content (AvgIpc) is 3.04. The van der Waals surface area contributed by atoms with Crippen molar-refractivity contribution in [2.75, 3.05) is 33.4 Å². The Hall–Kier alpha value is -4.87. The molecule has 0 fully saturated rings. The Kier molecular flexibility index (Phi) is 15.8. The lowest BCUT2D eigenvalue weighted by molar-refractivity contribution is 0.284. The highest BCUT2D eigenvalue weighted by atomic mass is 16.5. The van der Waals surface area contributed by atoms with E-state index in [1.807, 2.05) is 39.8 Å². The largest absolute Gasteiger partial charge is 0.507 e. The van der Waals surface area contributed by atoms with E-state index in [-0.39, 0.29) is 34.1 Å². The molecular weight excluding hydrogens is 636 g/mol. The number of allylic oxidation sites excluding steroid dienone is 4. The average molecular weight is 693 g/mol. The van der Waals surface area contributed by atoms with Crippen LogP contribution in [-0.2, 0) is 12.8 Å². The molecular formula is C38H56N6O6. The number of unbranched alkanes of at least 4 members (excludes halogenated alkanes) is 6. The first kappa shape index (κ1) is 39.6. The second-order valence-electron chi connectivity index (χ2n) is 12.9. The van der Waals surface area contributed by atoms with Crippen LogP contribution in [0.4, 0.5) is 0 Å². The van der Waals surface area contributed by atoms with Gasteiger partial charge in [-0.05, 0) is 66.2 Å². The van der Waals surface area contributed by atoms with Crippen LogP contribution >= 0.6 is 0 Å². The highest BCUT2D eigenvalue weighted by molar-refractivity contribution is 5.98. The quantitative estimate of drug-likeness (QED) is 0.0212. The molecule has 0 bridgehead atoms. The maximum absolute atomic E-state index is 14.4. The Labute approximate surface area is 295 Å². The second-order valence-corrected chi connectivity index (χ2v) is 12.9. The zero-order valence-corrected chi connectivity index (χ0v) is 30.4. The van der Waals surface area contributed by atoms with Gasteiger partial charge in [-0.15, -0.1) is 0 Å². The molecule has 0 aliphatic carbocycles. The number of rotatable bonds is 21. The van der Waals surface area contributed by atoms with Crippen LogP contribution < -0.4 is 41.7 Å². The highest BCUT2D eigenvalue weighted by Crippen LogP contribution is 2.41. The Morgan fingerprint density at radius 2 is 1.24 bits per heavy atom. The standard InChI is InChI=1S/C38H56N6O6/c1-24(2)14-16-26-28(48-20-12-8-6-10-18-43-37(39)40)22-30-33(34(26)45)35(46)32-27(17-15-25(3)4)36(47-5)31(23-29(32)50-30)49-21-13-9-7-11-19-44-38(41)42/h14-15,22-23,45H,6-13,16-21H2,1-5H3,(H4,39,40,43)(H4,41,42,44). The first-order valence-corrected chi connectivity index (χ1v) is 17.5. The smallest absolute Gasteiger partial charge is 0.204 e. The summed E-state index contributed by atoms with van der Waals surface area (Å²) in [5.74, 6) is 1.23. The molecule has 9 N–H and O–H groups in total. The van der Waals surface area contributed by atoms with Crippen LogP contribution in [-0.4, -0.2) is 50.4 Å². The lowest BCUT2D eigenvalue weighted by atomic mass is 9.98. The molecule has 1 heterocycles. The summed E-state index contributed by atoms with van der Waals surface area (Å²) in [7, 11) is 1.56. The van der Waals surface area contributed by atoms with E-state index in [0.717, 1.165) is 62.5 Å². The number of nitrogens with one attached hydrogen (secondary N) is 4. The Balaban J connectivity index is 2.00. The van der Waals surface area contributed by atoms with Crippen molar-refractivity contribution in [3.05, 3.63) is 56.8 Å². The highest BCUT2D eigenvalue weighted by Gasteiger charge is 2.24. The van der Waals surface area contributed by atoms with Crippen molar-refractivity contribution < 1.29 is 23.7 Å². The summed E-state index contributed by atoms with van der Waals surface area (Å²) in [6, 6.07) is 3.41. The molecule has 0 spiro atoms. The summed E-state index contributed by atoms with van der Waals surface area (Å²) in [6.45, 7) is 10.1. The minimum atomic E-state index is -0.343. The third kappa shape index (κ3) is 11.6. The predicted octanol–water partition coefficient (Wildman–Crippen LogP) is 6.52. The number of nitrogens with two attached hydrogens (primary N) is 2. The summed E-state index contributed by atoms with van der Waals surface area (Å²) in [6.07, 6.45) is 12.0. The minimum Gasteiger partial charge on any atom is -0.507 e. The molecule has 12 heteroatoms. The maximum Gasteiger partial charge on any atom is 0.204 e. The van der Waals surface area contributed by atoms with Crippen LogP contribution in [0.2, 0.25) is 0 Å². The van der Waals surface area contributed by atoms with Crippen LogP contribution in [0.1, 0.15) is 90.2 Å². The fourth-order valence-corrected chi connectivity index (χ4v) is 5.64. The number of fused-ring (bicyclic) bond motifs is 2. The molecule has 0 aliphatic rings. The first-order chi connectivity index (χ1) is 23.9. The van der Waals surface area contributed by atoms with E-state index in [2.05, 4.69) is 10.6 Å². The summed E-state index contributed by atoms with van der Waals surface area (Å²) >= 11 is 0. The van der Waals surface area contributed by atoms with Crippen LogP contribution in [0.5, 0.6) is 23.0 Å². The van der Waals surface area contributed by atoms with E-state index in [9.17, 15) is 9.90 Å². The molecule has 1 aromatic heterocycles.